The van der Waals surface area contributed by atoms with Crippen molar-refractivity contribution < 1.29 is 4.79 Å². The van der Waals surface area contributed by atoms with E-state index in [0.717, 1.165) is 34.8 Å². The van der Waals surface area contributed by atoms with Gasteiger partial charge in [0.25, 0.3) is 0 Å². The number of nitrogens with one attached hydrogen (secondary N) is 2. The summed E-state index contributed by atoms with van der Waals surface area (Å²) >= 11 is 0. The summed E-state index contributed by atoms with van der Waals surface area (Å²) in [5.74, 6) is 2.47. The molecule has 22 heavy (non-hydrogen) atoms. The van der Waals surface area contributed by atoms with Crippen LogP contribution in [0, 0.1) is 17.8 Å². The molecule has 0 unspecified atom stereocenters. The molecule has 114 valence electrons. The van der Waals surface area contributed by atoms with Gasteiger partial charge >= 0.3 is 6.03 Å². The molecule has 0 aliphatic heterocycles. The average Bonchev–Trinajstić information content (AvgIpc) is 3.16. The third kappa shape index (κ3) is 2.56. The van der Waals surface area contributed by atoms with Crippen molar-refractivity contribution in [2.75, 3.05) is 11.9 Å². The topological polar surface area (TPSA) is 41.1 Å². The first kappa shape index (κ1) is 13.6. The molecular formula is C19H22N2O. The molecule has 0 spiro atoms. The van der Waals surface area contributed by atoms with Gasteiger partial charge in [-0.1, -0.05) is 42.8 Å². The van der Waals surface area contributed by atoms with Crippen LogP contribution in [0.15, 0.2) is 42.5 Å². The van der Waals surface area contributed by atoms with Crippen molar-refractivity contribution in [2.24, 2.45) is 17.8 Å². The minimum absolute atomic E-state index is 0.0841. The van der Waals surface area contributed by atoms with E-state index in [1.165, 1.54) is 25.7 Å². The molecule has 2 aliphatic carbocycles. The van der Waals surface area contributed by atoms with Crippen LogP contribution in [-0.4, -0.2) is 12.6 Å². The fourth-order valence-corrected chi connectivity index (χ4v) is 4.35. The highest BCUT2D eigenvalue weighted by Gasteiger charge is 2.39. The van der Waals surface area contributed by atoms with Gasteiger partial charge in [-0.05, 0) is 48.5 Å². The van der Waals surface area contributed by atoms with Crippen molar-refractivity contribution in [2.45, 2.75) is 25.7 Å². The average molecular weight is 294 g/mol. The lowest BCUT2D eigenvalue weighted by Crippen LogP contribution is -2.34. The zero-order chi connectivity index (χ0) is 14.9. The second-order valence-corrected chi connectivity index (χ2v) is 6.80. The third-order valence-corrected chi connectivity index (χ3v) is 5.45. The molecular weight excluding hydrogens is 272 g/mol. The van der Waals surface area contributed by atoms with Gasteiger partial charge in [-0.25, -0.2) is 4.79 Å². The molecule has 2 aliphatic rings. The molecule has 0 saturated heterocycles. The van der Waals surface area contributed by atoms with Gasteiger partial charge in [-0.2, -0.15) is 0 Å². The van der Waals surface area contributed by atoms with E-state index in [0.29, 0.717) is 5.92 Å². The monoisotopic (exact) mass is 294 g/mol. The normalized spacial score (nSPS) is 26.3. The van der Waals surface area contributed by atoms with Crippen LogP contribution in [0.25, 0.3) is 10.8 Å². The molecule has 2 amide bonds. The number of hydrogen-bond acceptors (Lipinski definition) is 1. The number of fused-ring (bicyclic) bond motifs is 3. The fourth-order valence-electron chi connectivity index (χ4n) is 4.35. The Hall–Kier alpha value is -2.03. The minimum Gasteiger partial charge on any atom is -0.338 e. The Bertz CT molecular complexity index is 691. The second-order valence-electron chi connectivity index (χ2n) is 6.80. The first-order valence-electron chi connectivity index (χ1n) is 8.32. The molecule has 2 aromatic carbocycles. The second kappa shape index (κ2) is 5.64. The number of carbonyl (C=O) groups is 1. The largest absolute Gasteiger partial charge is 0.338 e. The van der Waals surface area contributed by atoms with Gasteiger partial charge in [-0.15, -0.1) is 0 Å². The predicted molar refractivity (Wildman–Crippen MR) is 89.9 cm³/mol. The van der Waals surface area contributed by atoms with Gasteiger partial charge in [0, 0.05) is 11.9 Å². The first-order chi connectivity index (χ1) is 10.8. The van der Waals surface area contributed by atoms with Gasteiger partial charge in [0.15, 0.2) is 0 Å². The van der Waals surface area contributed by atoms with Gasteiger partial charge in [0.2, 0.25) is 0 Å². The smallest absolute Gasteiger partial charge is 0.319 e. The first-order valence-corrected chi connectivity index (χ1v) is 8.32. The SMILES string of the molecule is O=C(NC[C@@H]1C[C@@H]2CC[C@@H]1C2)Nc1cccc2ccccc12. The van der Waals surface area contributed by atoms with Crippen LogP contribution in [0.1, 0.15) is 25.7 Å². The molecule has 2 aromatic rings. The summed E-state index contributed by atoms with van der Waals surface area (Å²) in [4.78, 5) is 12.2. The third-order valence-electron chi connectivity index (χ3n) is 5.45. The van der Waals surface area contributed by atoms with E-state index in [9.17, 15) is 4.79 Å². The van der Waals surface area contributed by atoms with Crippen LogP contribution < -0.4 is 10.6 Å². The van der Waals surface area contributed by atoms with Crippen molar-refractivity contribution in [3.05, 3.63) is 42.5 Å². The lowest BCUT2D eigenvalue weighted by Gasteiger charge is -2.22. The zero-order valence-electron chi connectivity index (χ0n) is 12.7. The summed E-state index contributed by atoms with van der Waals surface area (Å²) in [5.41, 5.74) is 0.878. The molecule has 3 atom stereocenters. The number of anilines is 1. The molecule has 2 saturated carbocycles. The Kier molecular flexibility index (Phi) is 3.49. The highest BCUT2D eigenvalue weighted by Crippen LogP contribution is 2.47. The van der Waals surface area contributed by atoms with E-state index < -0.39 is 0 Å². The molecule has 0 aromatic heterocycles. The lowest BCUT2D eigenvalue weighted by atomic mass is 9.89. The minimum atomic E-state index is -0.0841. The molecule has 3 nitrogen and oxygen atoms in total. The number of amides is 2. The van der Waals surface area contributed by atoms with Crippen LogP contribution in [0.3, 0.4) is 0 Å². The van der Waals surface area contributed by atoms with Crippen molar-refractivity contribution in [3.63, 3.8) is 0 Å². The van der Waals surface area contributed by atoms with E-state index in [-0.39, 0.29) is 6.03 Å². The van der Waals surface area contributed by atoms with Crippen molar-refractivity contribution >= 4 is 22.5 Å². The predicted octanol–water partition coefficient (Wildman–Crippen LogP) is 4.40. The number of rotatable bonds is 3. The summed E-state index contributed by atoms with van der Waals surface area (Å²) in [6.45, 7) is 0.817. The van der Waals surface area contributed by atoms with E-state index in [4.69, 9.17) is 0 Å². The Morgan fingerprint density at radius 1 is 1.05 bits per heavy atom. The van der Waals surface area contributed by atoms with Gasteiger partial charge in [-0.3, -0.25) is 0 Å². The Morgan fingerprint density at radius 2 is 1.91 bits per heavy atom. The maximum atomic E-state index is 12.2. The van der Waals surface area contributed by atoms with E-state index in [1.807, 2.05) is 30.3 Å². The fraction of sp³-hybridized carbons (Fsp3) is 0.421. The molecule has 3 heteroatoms. The molecule has 2 bridgehead atoms. The maximum absolute atomic E-state index is 12.2. The molecule has 0 heterocycles. The van der Waals surface area contributed by atoms with Crippen LogP contribution in [0.2, 0.25) is 0 Å². The number of hydrogen-bond donors (Lipinski definition) is 2. The Balaban J connectivity index is 1.39. The van der Waals surface area contributed by atoms with E-state index in [1.54, 1.807) is 0 Å². The molecule has 2 fully saturated rings. The Labute approximate surface area is 131 Å². The van der Waals surface area contributed by atoms with Crippen LogP contribution in [0.5, 0.6) is 0 Å². The maximum Gasteiger partial charge on any atom is 0.319 e. The van der Waals surface area contributed by atoms with Crippen LogP contribution >= 0.6 is 0 Å². The standard InChI is InChI=1S/C19H22N2O/c22-19(20-12-16-11-13-8-9-15(16)10-13)21-18-7-3-5-14-4-1-2-6-17(14)18/h1-7,13,15-16H,8-12H2,(H2,20,21,22)/t13-,15-,16+/m1/s1. The van der Waals surface area contributed by atoms with Crippen molar-refractivity contribution in [1.29, 1.82) is 0 Å². The summed E-state index contributed by atoms with van der Waals surface area (Å²) in [7, 11) is 0. The quantitative estimate of drug-likeness (QED) is 0.865. The van der Waals surface area contributed by atoms with Crippen LogP contribution in [-0.2, 0) is 0 Å². The molecule has 4 rings (SSSR count). The Morgan fingerprint density at radius 3 is 2.73 bits per heavy atom. The van der Waals surface area contributed by atoms with Gasteiger partial charge < -0.3 is 10.6 Å². The summed E-state index contributed by atoms with van der Waals surface area (Å²) in [6, 6.07) is 14.0. The van der Waals surface area contributed by atoms with Crippen LogP contribution in [0.4, 0.5) is 10.5 Å². The summed E-state index contributed by atoms with van der Waals surface area (Å²) in [6.07, 6.45) is 5.46. The zero-order valence-corrected chi connectivity index (χ0v) is 12.7. The van der Waals surface area contributed by atoms with E-state index in [2.05, 4.69) is 22.8 Å². The molecule has 2 N–H and O–H groups in total. The van der Waals surface area contributed by atoms with Gasteiger partial charge in [0.05, 0.1) is 5.69 Å². The summed E-state index contributed by atoms with van der Waals surface area (Å²) < 4.78 is 0. The summed E-state index contributed by atoms with van der Waals surface area (Å²) in [5, 5.41) is 8.31. The number of benzene rings is 2. The highest BCUT2D eigenvalue weighted by molar-refractivity contribution is 6.01. The van der Waals surface area contributed by atoms with Gasteiger partial charge in [0.1, 0.15) is 0 Å². The molecule has 0 radical (unpaired) electrons. The lowest BCUT2D eigenvalue weighted by molar-refractivity contribution is 0.245. The van der Waals surface area contributed by atoms with E-state index >= 15 is 0 Å². The van der Waals surface area contributed by atoms with Crippen molar-refractivity contribution in [1.82, 2.24) is 5.32 Å². The highest BCUT2D eigenvalue weighted by atomic mass is 16.2. The van der Waals surface area contributed by atoms with Crippen molar-refractivity contribution in [3.8, 4) is 0 Å². The number of urea groups is 1. The number of carbonyl (C=O) groups excluding carboxylic acids is 1.